The summed E-state index contributed by atoms with van der Waals surface area (Å²) >= 11 is 0. The van der Waals surface area contributed by atoms with Crippen LogP contribution in [0.3, 0.4) is 0 Å². The Morgan fingerprint density at radius 1 is 0.294 bits per heavy atom. The van der Waals surface area contributed by atoms with E-state index in [1.165, 1.54) is 141 Å². The van der Waals surface area contributed by atoms with E-state index in [0.29, 0.717) is 19.3 Å². The zero-order chi connectivity index (χ0) is 49.3. The number of hydrogen-bond donors (Lipinski definition) is 0. The van der Waals surface area contributed by atoms with Crippen molar-refractivity contribution in [2.45, 2.75) is 290 Å². The number of rotatable bonds is 52. The van der Waals surface area contributed by atoms with Crippen LogP contribution in [0, 0.1) is 0 Å². The number of ether oxygens (including phenoxy) is 3. The molecule has 0 rings (SSSR count). The Bertz CT molecular complexity index is 1270. The first-order valence-electron chi connectivity index (χ1n) is 28.9. The van der Waals surface area contributed by atoms with Gasteiger partial charge in [0.15, 0.2) is 6.10 Å². The van der Waals surface area contributed by atoms with Gasteiger partial charge in [0.05, 0.1) is 0 Å². The van der Waals surface area contributed by atoms with E-state index in [0.717, 1.165) is 103 Å². The second-order valence-corrected chi connectivity index (χ2v) is 19.2. The highest BCUT2D eigenvalue weighted by molar-refractivity contribution is 5.71. The van der Waals surface area contributed by atoms with E-state index in [1.54, 1.807) is 0 Å². The Kier molecular flexibility index (Phi) is 53.8. The maximum atomic E-state index is 12.9. The minimum absolute atomic E-state index is 0.0898. The molecule has 0 bridgehead atoms. The normalized spacial score (nSPS) is 12.6. The van der Waals surface area contributed by atoms with Gasteiger partial charge in [-0.25, -0.2) is 0 Å². The van der Waals surface area contributed by atoms with Gasteiger partial charge in [-0.05, 0) is 116 Å². The molecular weight excluding hydrogens is 841 g/mol. The molecule has 0 aliphatic heterocycles. The Labute approximate surface area is 421 Å². The molecule has 0 radical (unpaired) electrons. The van der Waals surface area contributed by atoms with Crippen LogP contribution in [0.2, 0.25) is 0 Å². The van der Waals surface area contributed by atoms with Crippen molar-refractivity contribution in [1.29, 1.82) is 0 Å². The van der Waals surface area contributed by atoms with Gasteiger partial charge in [0.2, 0.25) is 0 Å². The van der Waals surface area contributed by atoms with E-state index in [9.17, 15) is 14.4 Å². The Balaban J connectivity index is 4.45. The van der Waals surface area contributed by atoms with Gasteiger partial charge in [-0.2, -0.15) is 0 Å². The second-order valence-electron chi connectivity index (χ2n) is 19.2. The van der Waals surface area contributed by atoms with Gasteiger partial charge in [0.1, 0.15) is 13.2 Å². The third-order valence-electron chi connectivity index (χ3n) is 12.4. The number of allylic oxidation sites excluding steroid dienone is 12. The van der Waals surface area contributed by atoms with Crippen molar-refractivity contribution >= 4 is 17.9 Å². The van der Waals surface area contributed by atoms with Crippen molar-refractivity contribution in [1.82, 2.24) is 0 Å². The average Bonchev–Trinajstić information content (AvgIpc) is 3.34. The molecule has 0 unspecified atom stereocenters. The zero-order valence-corrected chi connectivity index (χ0v) is 44.9. The van der Waals surface area contributed by atoms with Crippen LogP contribution in [0.15, 0.2) is 72.9 Å². The summed E-state index contributed by atoms with van der Waals surface area (Å²) in [5.41, 5.74) is 0. The average molecular weight is 950 g/mol. The molecule has 0 heterocycles. The van der Waals surface area contributed by atoms with Crippen molar-refractivity contribution in [3.63, 3.8) is 0 Å². The Hall–Kier alpha value is -3.15. The topological polar surface area (TPSA) is 78.9 Å². The fraction of sp³-hybridized carbons (Fsp3) is 0.758. The van der Waals surface area contributed by atoms with Crippen molar-refractivity contribution in [2.24, 2.45) is 0 Å². The highest BCUT2D eigenvalue weighted by atomic mass is 16.6. The van der Waals surface area contributed by atoms with Gasteiger partial charge in [0.25, 0.3) is 0 Å². The third-order valence-corrected chi connectivity index (χ3v) is 12.4. The first-order valence-corrected chi connectivity index (χ1v) is 28.9. The summed E-state index contributed by atoms with van der Waals surface area (Å²) in [6.07, 6.45) is 71.7. The molecule has 0 aromatic rings. The lowest BCUT2D eigenvalue weighted by molar-refractivity contribution is -0.167. The molecule has 0 fully saturated rings. The molecule has 0 aliphatic carbocycles. The summed E-state index contributed by atoms with van der Waals surface area (Å²) < 4.78 is 16.9. The van der Waals surface area contributed by atoms with E-state index in [2.05, 4.69) is 93.7 Å². The minimum Gasteiger partial charge on any atom is -0.462 e. The largest absolute Gasteiger partial charge is 0.462 e. The Morgan fingerprint density at radius 3 is 0.868 bits per heavy atom. The summed E-state index contributed by atoms with van der Waals surface area (Å²) in [6.45, 7) is 6.57. The molecule has 0 spiro atoms. The molecular formula is C62H108O6. The molecule has 0 amide bonds. The third kappa shape index (κ3) is 53.8. The smallest absolute Gasteiger partial charge is 0.306 e. The van der Waals surface area contributed by atoms with Gasteiger partial charge >= 0.3 is 17.9 Å². The zero-order valence-electron chi connectivity index (χ0n) is 44.9. The molecule has 68 heavy (non-hydrogen) atoms. The summed E-state index contributed by atoms with van der Waals surface area (Å²) in [5, 5.41) is 0. The molecule has 0 N–H and O–H groups in total. The van der Waals surface area contributed by atoms with Crippen molar-refractivity contribution < 1.29 is 28.6 Å². The van der Waals surface area contributed by atoms with Crippen molar-refractivity contribution in [2.75, 3.05) is 13.2 Å². The van der Waals surface area contributed by atoms with Gasteiger partial charge in [-0.1, -0.05) is 222 Å². The molecule has 0 saturated heterocycles. The van der Waals surface area contributed by atoms with Crippen LogP contribution in [0.4, 0.5) is 0 Å². The summed E-state index contributed by atoms with van der Waals surface area (Å²) in [4.78, 5) is 38.2. The highest BCUT2D eigenvalue weighted by Crippen LogP contribution is 2.14. The van der Waals surface area contributed by atoms with Gasteiger partial charge in [-0.3, -0.25) is 14.4 Å². The molecule has 0 aliphatic rings. The van der Waals surface area contributed by atoms with E-state index < -0.39 is 6.10 Å². The van der Waals surface area contributed by atoms with Crippen molar-refractivity contribution in [3.8, 4) is 0 Å². The molecule has 0 aromatic carbocycles. The fourth-order valence-corrected chi connectivity index (χ4v) is 8.00. The SMILES string of the molecule is CCCCC/C=C\C/C=C\C/C=C\CCCCCCC(=O)OC[C@@H](COC(=O)CCCCCCC/C=C\CCCCCCCCC)OC(=O)CCCCCCCCC/C=C\C/C=C\CCCCC. The maximum Gasteiger partial charge on any atom is 0.306 e. The molecule has 6 nitrogen and oxygen atoms in total. The predicted octanol–water partition coefficient (Wildman–Crippen LogP) is 19.4. The minimum atomic E-state index is -0.793. The van der Waals surface area contributed by atoms with Crippen LogP contribution >= 0.6 is 0 Å². The molecule has 0 saturated carbocycles. The quantitative estimate of drug-likeness (QED) is 0.0262. The van der Waals surface area contributed by atoms with Crippen LogP contribution in [0.25, 0.3) is 0 Å². The number of carbonyl (C=O) groups is 3. The maximum absolute atomic E-state index is 12.9. The standard InChI is InChI=1S/C62H108O6/c1-4-7-10-13-16-19-22-25-28-31-34-37-40-43-46-49-52-55-61(64)67-58-59(57-66-60(63)54-51-48-45-42-39-36-33-30-27-24-21-18-15-12-9-6-3)68-62(65)56-53-50-47-44-41-38-35-32-29-26-23-20-17-14-11-8-5-2/h16-17,19-20,25-26,28-30,33-34,37,59H,4-15,18,21-24,27,31-32,35-36,38-58H2,1-3H3/b19-16-,20-17-,28-25-,29-26-,33-30-,37-34-/t59-/m1/s1. The number of hydrogen-bond acceptors (Lipinski definition) is 6. The molecule has 392 valence electrons. The summed E-state index contributed by atoms with van der Waals surface area (Å²) in [6, 6.07) is 0. The van der Waals surface area contributed by atoms with Crippen molar-refractivity contribution in [3.05, 3.63) is 72.9 Å². The predicted molar refractivity (Wildman–Crippen MR) is 293 cm³/mol. The van der Waals surface area contributed by atoms with Crippen LogP contribution in [-0.2, 0) is 28.6 Å². The van der Waals surface area contributed by atoms with E-state index in [4.69, 9.17) is 14.2 Å². The summed E-state index contributed by atoms with van der Waals surface area (Å²) in [5.74, 6) is -0.920. The van der Waals surface area contributed by atoms with Gasteiger partial charge < -0.3 is 14.2 Å². The molecule has 1 atom stereocenters. The van der Waals surface area contributed by atoms with Gasteiger partial charge in [0, 0.05) is 19.3 Å². The highest BCUT2D eigenvalue weighted by Gasteiger charge is 2.19. The van der Waals surface area contributed by atoms with Crippen LogP contribution in [0.1, 0.15) is 284 Å². The monoisotopic (exact) mass is 949 g/mol. The lowest BCUT2D eigenvalue weighted by Crippen LogP contribution is -2.30. The Morgan fingerprint density at radius 2 is 0.529 bits per heavy atom. The number of unbranched alkanes of at least 4 members (excludes halogenated alkanes) is 29. The second kappa shape index (κ2) is 56.4. The number of esters is 3. The van der Waals surface area contributed by atoms with Crippen LogP contribution in [-0.4, -0.2) is 37.2 Å². The number of carbonyl (C=O) groups excluding carboxylic acids is 3. The van der Waals surface area contributed by atoms with Crippen LogP contribution in [0.5, 0.6) is 0 Å². The van der Waals surface area contributed by atoms with E-state index in [-0.39, 0.29) is 31.1 Å². The fourth-order valence-electron chi connectivity index (χ4n) is 8.00. The molecule has 0 aromatic heterocycles. The van der Waals surface area contributed by atoms with Gasteiger partial charge in [-0.15, -0.1) is 0 Å². The van der Waals surface area contributed by atoms with E-state index >= 15 is 0 Å². The lowest BCUT2D eigenvalue weighted by atomic mass is 10.1. The van der Waals surface area contributed by atoms with E-state index in [1.807, 2.05) is 0 Å². The lowest BCUT2D eigenvalue weighted by Gasteiger charge is -2.18. The summed E-state index contributed by atoms with van der Waals surface area (Å²) in [7, 11) is 0. The first kappa shape index (κ1) is 64.8. The molecule has 6 heteroatoms. The van der Waals surface area contributed by atoms with Crippen LogP contribution < -0.4 is 0 Å². The first-order chi connectivity index (χ1) is 33.5.